The molecule has 156 valence electrons. The molecule has 2 heterocycles. The number of pyridine rings is 1. The number of hydrogen-bond acceptors (Lipinski definition) is 7. The molecule has 0 fully saturated rings. The van der Waals surface area contributed by atoms with Crippen molar-refractivity contribution in [3.05, 3.63) is 29.6 Å². The van der Waals surface area contributed by atoms with Gasteiger partial charge in [0.25, 0.3) is 0 Å². The Kier molecular flexibility index (Phi) is 6.47. The Morgan fingerprint density at radius 3 is 2.79 bits per heavy atom. The second-order valence-corrected chi connectivity index (χ2v) is 8.73. The number of ether oxygens (including phenoxy) is 1. The minimum absolute atomic E-state index is 0.0321. The third-order valence-corrected chi connectivity index (χ3v) is 4.73. The lowest BCUT2D eigenvalue weighted by molar-refractivity contribution is -0.119. The number of Topliss-reactive ketones (excluding diaryl/α,β-unsaturated/α-hetero) is 1. The van der Waals surface area contributed by atoms with E-state index >= 15 is 0 Å². The maximum absolute atomic E-state index is 12.5. The Balaban J connectivity index is 1.89. The number of aliphatic hydroxyl groups excluding tert-OH is 1. The van der Waals surface area contributed by atoms with Gasteiger partial charge < -0.3 is 14.7 Å². The lowest BCUT2D eigenvalue weighted by Gasteiger charge is -2.23. The van der Waals surface area contributed by atoms with Gasteiger partial charge in [-0.1, -0.05) is 20.8 Å². The number of ketones is 1. The van der Waals surface area contributed by atoms with Crippen LogP contribution >= 0.6 is 0 Å². The summed E-state index contributed by atoms with van der Waals surface area (Å²) in [4.78, 5) is 28.4. The number of aromatic nitrogens is 3. The van der Waals surface area contributed by atoms with Crippen LogP contribution in [0.25, 0.3) is 11.5 Å². The monoisotopic (exact) mass is 398 g/mol. The molecule has 0 spiro atoms. The second kappa shape index (κ2) is 8.86. The third-order valence-electron chi connectivity index (χ3n) is 4.73. The van der Waals surface area contributed by atoms with Crippen molar-refractivity contribution in [3.8, 4) is 17.3 Å². The first-order chi connectivity index (χ1) is 13.8. The van der Waals surface area contributed by atoms with Crippen LogP contribution in [0.2, 0.25) is 0 Å². The largest absolute Gasteiger partial charge is 0.491 e. The van der Waals surface area contributed by atoms with Crippen LogP contribution in [0.15, 0.2) is 18.3 Å². The van der Waals surface area contributed by atoms with Crippen LogP contribution in [0, 0.1) is 5.41 Å². The van der Waals surface area contributed by atoms with E-state index in [-0.39, 0.29) is 24.4 Å². The maximum Gasteiger partial charge on any atom is 0.180 e. The predicted octanol–water partition coefficient (Wildman–Crippen LogP) is 2.84. The highest BCUT2D eigenvalue weighted by atomic mass is 16.5. The molecule has 1 aliphatic rings. The van der Waals surface area contributed by atoms with Crippen molar-refractivity contribution in [2.75, 3.05) is 31.7 Å². The third kappa shape index (κ3) is 5.50. The Morgan fingerprint density at radius 1 is 1.28 bits per heavy atom. The normalized spacial score (nSPS) is 13.3. The van der Waals surface area contributed by atoms with Gasteiger partial charge in [-0.3, -0.25) is 9.78 Å². The summed E-state index contributed by atoms with van der Waals surface area (Å²) in [5.41, 5.74) is 2.75. The smallest absolute Gasteiger partial charge is 0.180 e. The van der Waals surface area contributed by atoms with Gasteiger partial charge in [-0.25, -0.2) is 9.97 Å². The number of carbonyl (C=O) groups excluding carboxylic acids is 1. The van der Waals surface area contributed by atoms with Gasteiger partial charge in [0, 0.05) is 37.0 Å². The van der Waals surface area contributed by atoms with Gasteiger partial charge in [0.2, 0.25) is 0 Å². The van der Waals surface area contributed by atoms with Crippen molar-refractivity contribution in [3.63, 3.8) is 0 Å². The molecule has 2 aromatic rings. The first-order valence-electron chi connectivity index (χ1n) is 10.1. The first-order valence-corrected chi connectivity index (χ1v) is 10.1. The molecular formula is C22H30N4O3. The average molecular weight is 399 g/mol. The van der Waals surface area contributed by atoms with Crippen LogP contribution in [0.5, 0.6) is 5.75 Å². The van der Waals surface area contributed by atoms with Crippen LogP contribution in [-0.2, 0) is 17.6 Å². The lowest BCUT2D eigenvalue weighted by Crippen LogP contribution is -2.30. The lowest BCUT2D eigenvalue weighted by atomic mass is 9.90. The number of aryl methyl sites for hydroxylation is 1. The molecule has 0 aromatic carbocycles. The summed E-state index contributed by atoms with van der Waals surface area (Å²) >= 11 is 0. The summed E-state index contributed by atoms with van der Waals surface area (Å²) in [6.07, 6.45) is 5.05. The molecule has 1 N–H and O–H groups in total. The van der Waals surface area contributed by atoms with E-state index in [0.717, 1.165) is 36.3 Å². The highest BCUT2D eigenvalue weighted by Crippen LogP contribution is 2.31. The summed E-state index contributed by atoms with van der Waals surface area (Å²) in [7, 11) is 1.92. The zero-order valence-corrected chi connectivity index (χ0v) is 17.7. The van der Waals surface area contributed by atoms with E-state index in [1.807, 2.05) is 11.9 Å². The minimum atomic E-state index is -0.0511. The Bertz CT molecular complexity index is 877. The number of fused-ring (bicyclic) bond motifs is 1. The fraction of sp³-hybridized carbons (Fsp3) is 0.545. The van der Waals surface area contributed by atoms with E-state index in [1.165, 1.54) is 0 Å². The van der Waals surface area contributed by atoms with Crippen molar-refractivity contribution < 1.29 is 14.6 Å². The molecule has 7 nitrogen and oxygen atoms in total. The van der Waals surface area contributed by atoms with Crippen molar-refractivity contribution in [1.82, 2.24) is 15.0 Å². The minimum Gasteiger partial charge on any atom is -0.491 e. The van der Waals surface area contributed by atoms with E-state index in [4.69, 9.17) is 19.8 Å². The number of likely N-dealkylation sites (N-methyl/N-ethyl adjacent to an activating group) is 1. The molecule has 3 rings (SSSR count). The van der Waals surface area contributed by atoms with Crippen LogP contribution < -0.4 is 9.64 Å². The average Bonchev–Trinajstić information content (AvgIpc) is 3.12. The number of nitrogens with zero attached hydrogens (tertiary/aromatic N) is 4. The molecule has 0 unspecified atom stereocenters. The first kappa shape index (κ1) is 21.2. The molecule has 0 atom stereocenters. The number of hydrogen-bond donors (Lipinski definition) is 1. The summed E-state index contributed by atoms with van der Waals surface area (Å²) in [6, 6.07) is 3.52. The van der Waals surface area contributed by atoms with Crippen LogP contribution in [0.1, 0.15) is 44.9 Å². The summed E-state index contributed by atoms with van der Waals surface area (Å²) in [5, 5.41) is 8.96. The van der Waals surface area contributed by atoms with Crippen molar-refractivity contribution in [2.24, 2.45) is 5.41 Å². The van der Waals surface area contributed by atoms with Gasteiger partial charge in [-0.15, -0.1) is 0 Å². The van der Waals surface area contributed by atoms with Gasteiger partial charge in [0.15, 0.2) is 11.6 Å². The van der Waals surface area contributed by atoms with Gasteiger partial charge in [0.1, 0.15) is 23.9 Å². The number of anilines is 1. The quantitative estimate of drug-likeness (QED) is 0.731. The molecule has 7 heteroatoms. The van der Waals surface area contributed by atoms with Crippen molar-refractivity contribution >= 4 is 11.6 Å². The van der Waals surface area contributed by atoms with E-state index in [2.05, 4.69) is 25.8 Å². The van der Waals surface area contributed by atoms with Crippen molar-refractivity contribution in [2.45, 2.75) is 46.5 Å². The highest BCUT2D eigenvalue weighted by molar-refractivity contribution is 5.84. The molecule has 0 saturated carbocycles. The molecule has 0 saturated heterocycles. The SMILES string of the molecule is CN(CC(=O)CC(C)(C)C)c1nc(-c2cc(OCCO)ccn2)nc2c1CCC2. The maximum atomic E-state index is 12.5. The molecule has 0 aliphatic heterocycles. The van der Waals surface area contributed by atoms with E-state index in [9.17, 15) is 4.79 Å². The Morgan fingerprint density at radius 2 is 2.07 bits per heavy atom. The number of rotatable bonds is 8. The van der Waals surface area contributed by atoms with Crippen LogP contribution in [0.4, 0.5) is 5.82 Å². The highest BCUT2D eigenvalue weighted by Gasteiger charge is 2.24. The summed E-state index contributed by atoms with van der Waals surface area (Å²) in [6.45, 7) is 6.71. The number of carbonyl (C=O) groups is 1. The Hall–Kier alpha value is -2.54. The number of aliphatic hydroxyl groups is 1. The fourth-order valence-corrected chi connectivity index (χ4v) is 3.62. The zero-order valence-electron chi connectivity index (χ0n) is 17.7. The van der Waals surface area contributed by atoms with Gasteiger partial charge in [-0.2, -0.15) is 0 Å². The molecule has 0 amide bonds. The van der Waals surface area contributed by atoms with Crippen LogP contribution in [-0.4, -0.2) is 52.6 Å². The van der Waals surface area contributed by atoms with Crippen LogP contribution in [0.3, 0.4) is 0 Å². The van der Waals surface area contributed by atoms with Crippen molar-refractivity contribution in [1.29, 1.82) is 0 Å². The topological polar surface area (TPSA) is 88.4 Å². The molecule has 0 bridgehead atoms. The fourth-order valence-electron chi connectivity index (χ4n) is 3.62. The second-order valence-electron chi connectivity index (χ2n) is 8.73. The predicted molar refractivity (Wildman–Crippen MR) is 112 cm³/mol. The molecule has 29 heavy (non-hydrogen) atoms. The summed E-state index contributed by atoms with van der Waals surface area (Å²) in [5.74, 6) is 2.16. The molecule has 0 radical (unpaired) electrons. The van der Waals surface area contributed by atoms with Gasteiger partial charge >= 0.3 is 0 Å². The van der Waals surface area contributed by atoms with Gasteiger partial charge in [-0.05, 0) is 30.7 Å². The molecular weight excluding hydrogens is 368 g/mol. The standard InChI is InChI=1S/C22H30N4O3/c1-22(2,3)13-15(28)14-26(4)21-17-6-5-7-18(17)24-20(25-21)19-12-16(8-9-23-19)29-11-10-27/h8-9,12,27H,5-7,10-11,13-14H2,1-4H3. The summed E-state index contributed by atoms with van der Waals surface area (Å²) < 4.78 is 5.49. The molecule has 2 aromatic heterocycles. The van der Waals surface area contributed by atoms with E-state index < -0.39 is 0 Å². The Labute approximate surface area is 172 Å². The van der Waals surface area contributed by atoms with E-state index in [0.29, 0.717) is 30.2 Å². The van der Waals surface area contributed by atoms with E-state index in [1.54, 1.807) is 18.3 Å². The molecule has 1 aliphatic carbocycles. The zero-order chi connectivity index (χ0) is 21.0. The van der Waals surface area contributed by atoms with Gasteiger partial charge in [0.05, 0.1) is 13.2 Å².